The number of rotatable bonds is 6. The normalized spacial score (nSPS) is 16.5. The second-order valence-corrected chi connectivity index (χ2v) is 12.9. The number of pyridine rings is 1. The number of hydrogen-bond donors (Lipinski definition) is 2. The molecular weight excluding hydrogens is 554 g/mol. The molecule has 9 nitrogen and oxygen atoms in total. The van der Waals surface area contributed by atoms with Crippen molar-refractivity contribution in [2.45, 2.75) is 59.6 Å². The molecule has 3 aromatic heterocycles. The summed E-state index contributed by atoms with van der Waals surface area (Å²) in [6, 6.07) is 14.4. The van der Waals surface area contributed by atoms with E-state index in [1.807, 2.05) is 31.2 Å². The number of furan rings is 1. The highest BCUT2D eigenvalue weighted by molar-refractivity contribution is 6.05. The van der Waals surface area contributed by atoms with Crippen molar-refractivity contribution in [1.29, 1.82) is 0 Å². The second kappa shape index (κ2) is 10.9. The van der Waals surface area contributed by atoms with Crippen molar-refractivity contribution >= 4 is 39.5 Å². The highest BCUT2D eigenvalue weighted by Crippen LogP contribution is 2.43. The lowest BCUT2D eigenvalue weighted by molar-refractivity contribution is -0.136. The lowest BCUT2D eigenvalue weighted by Gasteiger charge is -2.40. The van der Waals surface area contributed by atoms with Gasteiger partial charge >= 0.3 is 5.97 Å². The van der Waals surface area contributed by atoms with E-state index < -0.39 is 5.97 Å². The third-order valence-corrected chi connectivity index (χ3v) is 9.41. The van der Waals surface area contributed by atoms with Crippen LogP contribution in [-0.2, 0) is 30.8 Å². The Bertz CT molecular complexity index is 1900. The Labute approximate surface area is 256 Å². The van der Waals surface area contributed by atoms with Crippen LogP contribution in [0.1, 0.15) is 54.8 Å². The van der Waals surface area contributed by atoms with Gasteiger partial charge in [-0.2, -0.15) is 0 Å². The molecule has 0 saturated carbocycles. The average Bonchev–Trinajstić information content (AvgIpc) is 3.40. The SMILES string of the molecule is Cc1nc(CO)c(-c2ccc3c(c2)CCN(c2ncnc4c2oc2ccccc24)C3)c(N2CCC(C)(C)CC2)c1CC(=O)O. The molecule has 7 rings (SSSR count). The van der Waals surface area contributed by atoms with Gasteiger partial charge in [-0.05, 0) is 60.4 Å². The highest BCUT2D eigenvalue weighted by atomic mass is 16.4. The van der Waals surface area contributed by atoms with Crippen molar-refractivity contribution < 1.29 is 19.4 Å². The number of aliphatic hydroxyl groups excluding tert-OH is 1. The molecule has 0 atom stereocenters. The largest absolute Gasteiger partial charge is 0.481 e. The van der Waals surface area contributed by atoms with Gasteiger partial charge in [0.1, 0.15) is 17.4 Å². The molecular formula is C35H37N5O4. The van der Waals surface area contributed by atoms with E-state index in [-0.39, 0.29) is 18.4 Å². The summed E-state index contributed by atoms with van der Waals surface area (Å²) in [7, 11) is 0. The summed E-state index contributed by atoms with van der Waals surface area (Å²) < 4.78 is 6.22. The van der Waals surface area contributed by atoms with Gasteiger partial charge in [0.25, 0.3) is 0 Å². The molecule has 0 radical (unpaired) electrons. The van der Waals surface area contributed by atoms with Gasteiger partial charge in [-0.1, -0.05) is 44.2 Å². The molecule has 44 heavy (non-hydrogen) atoms. The Morgan fingerprint density at radius 1 is 1.02 bits per heavy atom. The molecule has 0 bridgehead atoms. The van der Waals surface area contributed by atoms with Crippen molar-refractivity contribution in [1.82, 2.24) is 15.0 Å². The number of piperidine rings is 1. The predicted octanol–water partition coefficient (Wildman–Crippen LogP) is 6.05. The van der Waals surface area contributed by atoms with Crippen molar-refractivity contribution in [3.8, 4) is 11.1 Å². The summed E-state index contributed by atoms with van der Waals surface area (Å²) in [4.78, 5) is 30.5. The Kier molecular flexibility index (Phi) is 7.00. The number of aromatic nitrogens is 3. The first-order valence-electron chi connectivity index (χ1n) is 15.3. The molecule has 2 aliphatic rings. The fourth-order valence-electron chi connectivity index (χ4n) is 6.88. The van der Waals surface area contributed by atoms with Crippen LogP contribution in [-0.4, -0.2) is 50.8 Å². The Hall–Kier alpha value is -4.50. The number of nitrogens with zero attached hydrogens (tertiary/aromatic N) is 5. The van der Waals surface area contributed by atoms with Crippen LogP contribution in [0.25, 0.3) is 33.2 Å². The summed E-state index contributed by atoms with van der Waals surface area (Å²) in [6.07, 6.45) is 4.32. The number of carbonyl (C=O) groups is 1. The maximum absolute atomic E-state index is 12.0. The third-order valence-electron chi connectivity index (χ3n) is 9.41. The molecule has 0 aliphatic carbocycles. The zero-order valence-corrected chi connectivity index (χ0v) is 25.4. The maximum Gasteiger partial charge on any atom is 0.307 e. The lowest BCUT2D eigenvalue weighted by atomic mass is 9.81. The Morgan fingerprint density at radius 2 is 1.82 bits per heavy atom. The van der Waals surface area contributed by atoms with E-state index in [4.69, 9.17) is 9.40 Å². The lowest BCUT2D eigenvalue weighted by Crippen LogP contribution is -2.38. The number of carboxylic acid groups (broad SMARTS) is 1. The molecule has 2 aromatic carbocycles. The van der Waals surface area contributed by atoms with Gasteiger partial charge in [0.15, 0.2) is 11.4 Å². The number of aliphatic carboxylic acids is 1. The molecule has 0 spiro atoms. The molecule has 5 aromatic rings. The fraction of sp³-hybridized carbons (Fsp3) is 0.371. The monoisotopic (exact) mass is 591 g/mol. The van der Waals surface area contributed by atoms with E-state index in [0.29, 0.717) is 23.5 Å². The molecule has 2 N–H and O–H groups in total. The van der Waals surface area contributed by atoms with E-state index >= 15 is 0 Å². The number of aryl methyl sites for hydroxylation is 1. The van der Waals surface area contributed by atoms with E-state index in [2.05, 4.69) is 51.8 Å². The molecule has 9 heteroatoms. The van der Waals surface area contributed by atoms with E-state index in [1.165, 1.54) is 11.1 Å². The third kappa shape index (κ3) is 4.95. The van der Waals surface area contributed by atoms with Crippen molar-refractivity contribution in [2.24, 2.45) is 5.41 Å². The first-order valence-corrected chi connectivity index (χ1v) is 15.3. The molecule has 2 aliphatic heterocycles. The molecule has 0 unspecified atom stereocenters. The topological polar surface area (TPSA) is 116 Å². The standard InChI is InChI=1S/C35H37N5O4/c1-21-26(17-29(42)43)32(39-14-11-35(2,3)12-15-39)30(27(19-41)38-21)23-8-9-24-18-40(13-10-22(24)16-23)34-33-31(36-20-37-34)25-6-4-5-7-28(25)44-33/h4-9,16,20,41H,10-15,17-19H2,1-3H3,(H,42,43). The maximum atomic E-state index is 12.0. The summed E-state index contributed by atoms with van der Waals surface area (Å²) in [5.74, 6) is -0.0927. The molecule has 1 saturated heterocycles. The number of fused-ring (bicyclic) bond motifs is 4. The smallest absolute Gasteiger partial charge is 0.307 e. The van der Waals surface area contributed by atoms with Gasteiger partial charge in [0.05, 0.1) is 24.4 Å². The van der Waals surface area contributed by atoms with E-state index in [9.17, 15) is 15.0 Å². The molecule has 0 amide bonds. The van der Waals surface area contributed by atoms with Crippen LogP contribution in [0.3, 0.4) is 0 Å². The zero-order valence-electron chi connectivity index (χ0n) is 25.4. The van der Waals surface area contributed by atoms with Gasteiger partial charge in [-0.15, -0.1) is 0 Å². The Morgan fingerprint density at radius 3 is 2.59 bits per heavy atom. The predicted molar refractivity (Wildman–Crippen MR) is 171 cm³/mol. The number of aliphatic hydroxyl groups is 1. The van der Waals surface area contributed by atoms with Crippen molar-refractivity contribution in [2.75, 3.05) is 29.4 Å². The minimum absolute atomic E-state index is 0.109. The number of benzene rings is 2. The van der Waals surface area contributed by atoms with Gasteiger partial charge in [-0.25, -0.2) is 9.97 Å². The van der Waals surface area contributed by atoms with Gasteiger partial charge in [-0.3, -0.25) is 9.78 Å². The minimum Gasteiger partial charge on any atom is -0.481 e. The van der Waals surface area contributed by atoms with Gasteiger partial charge in [0.2, 0.25) is 0 Å². The zero-order chi connectivity index (χ0) is 30.6. The molecule has 226 valence electrons. The summed E-state index contributed by atoms with van der Waals surface area (Å²) in [6.45, 7) is 9.30. The minimum atomic E-state index is -0.884. The number of carboxylic acids is 1. The number of anilines is 2. The molecule has 1 fully saturated rings. The summed E-state index contributed by atoms with van der Waals surface area (Å²) in [5.41, 5.74) is 9.67. The van der Waals surface area contributed by atoms with Gasteiger partial charge in [0, 0.05) is 48.4 Å². The number of para-hydroxylation sites is 1. The number of hydrogen-bond acceptors (Lipinski definition) is 8. The first-order chi connectivity index (χ1) is 21.2. The van der Waals surface area contributed by atoms with Crippen LogP contribution in [0.2, 0.25) is 0 Å². The Balaban J connectivity index is 1.28. The van der Waals surface area contributed by atoms with Crippen LogP contribution in [0.4, 0.5) is 11.5 Å². The first kappa shape index (κ1) is 28.3. The van der Waals surface area contributed by atoms with Crippen LogP contribution in [0, 0.1) is 12.3 Å². The van der Waals surface area contributed by atoms with Crippen LogP contribution < -0.4 is 9.80 Å². The van der Waals surface area contributed by atoms with E-state index in [0.717, 1.165) is 83.6 Å². The summed E-state index contributed by atoms with van der Waals surface area (Å²) in [5, 5.41) is 21.3. The van der Waals surface area contributed by atoms with Gasteiger partial charge < -0.3 is 24.4 Å². The van der Waals surface area contributed by atoms with Crippen LogP contribution in [0.15, 0.2) is 53.2 Å². The highest BCUT2D eigenvalue weighted by Gasteiger charge is 2.31. The average molecular weight is 592 g/mol. The van der Waals surface area contributed by atoms with Crippen LogP contribution in [0.5, 0.6) is 0 Å². The van der Waals surface area contributed by atoms with Crippen molar-refractivity contribution in [3.63, 3.8) is 0 Å². The van der Waals surface area contributed by atoms with E-state index in [1.54, 1.807) is 6.33 Å². The quantitative estimate of drug-likeness (QED) is 0.243. The fourth-order valence-corrected chi connectivity index (χ4v) is 6.88. The molecule has 5 heterocycles. The summed E-state index contributed by atoms with van der Waals surface area (Å²) >= 11 is 0. The second-order valence-electron chi connectivity index (χ2n) is 12.9. The van der Waals surface area contributed by atoms with Crippen LogP contribution >= 0.6 is 0 Å². The van der Waals surface area contributed by atoms with Crippen molar-refractivity contribution in [3.05, 3.63) is 76.9 Å².